The largest absolute Gasteiger partial charge is 0.384 e. The molecule has 150 valence electrons. The zero-order valence-corrected chi connectivity index (χ0v) is 17.9. The van der Waals surface area contributed by atoms with Crippen LogP contribution >= 0.6 is 11.5 Å². The van der Waals surface area contributed by atoms with Crippen molar-refractivity contribution in [1.82, 2.24) is 13.8 Å². The van der Waals surface area contributed by atoms with Crippen molar-refractivity contribution in [3.05, 3.63) is 45.2 Å². The second kappa shape index (κ2) is 6.60. The summed E-state index contributed by atoms with van der Waals surface area (Å²) in [7, 11) is -3.71. The van der Waals surface area contributed by atoms with E-state index in [9.17, 15) is 13.2 Å². The van der Waals surface area contributed by atoms with E-state index >= 15 is 0 Å². The highest BCUT2D eigenvalue weighted by Gasteiger charge is 2.28. The summed E-state index contributed by atoms with van der Waals surface area (Å²) >= 11 is 0.827. The standard InChI is InChI=1S/C19H19N5O3S2/c1-9(2)29(26,27)19-23-28-18-22-17(25)14(16(20)24(18)19)8-12-11(4)21-15-6-5-10(3)7-13(12)15/h5-9H,20H2,1-4H3. The predicted octanol–water partition coefficient (Wildman–Crippen LogP) is 2.87. The summed E-state index contributed by atoms with van der Waals surface area (Å²) in [5, 5.41) is -0.891. The van der Waals surface area contributed by atoms with Gasteiger partial charge in [-0.15, -0.1) is 0 Å². The topological polar surface area (TPSA) is 120 Å². The summed E-state index contributed by atoms with van der Waals surface area (Å²) in [5.74, 6) is -0.00521. The number of benzene rings is 1. The third-order valence-electron chi connectivity index (χ3n) is 4.82. The van der Waals surface area contributed by atoms with E-state index < -0.39 is 20.6 Å². The molecular weight excluding hydrogens is 410 g/mol. The molecule has 0 saturated heterocycles. The van der Waals surface area contributed by atoms with Crippen LogP contribution in [0.4, 0.5) is 11.5 Å². The SMILES string of the molecule is CC1=Nc2ccc(C)cc2C1=Cc1c(N)n2c(S(=O)(=O)C(C)C)nsc2nc1=O. The number of aliphatic imine (C=N–C) groups is 1. The molecule has 0 bridgehead atoms. The third-order valence-corrected chi connectivity index (χ3v) is 7.66. The van der Waals surface area contributed by atoms with Crippen LogP contribution in [0.25, 0.3) is 16.6 Å². The number of nitrogens with zero attached hydrogens (tertiary/aromatic N) is 4. The van der Waals surface area contributed by atoms with Crippen LogP contribution in [0.2, 0.25) is 0 Å². The maximum Gasteiger partial charge on any atom is 0.283 e. The molecule has 1 aliphatic heterocycles. The number of hydrogen-bond acceptors (Lipinski definition) is 8. The van der Waals surface area contributed by atoms with E-state index in [0.29, 0.717) is 0 Å². The Labute approximate surface area is 171 Å². The number of hydrogen-bond donors (Lipinski definition) is 1. The number of nitrogen functional groups attached to an aromatic ring is 1. The van der Waals surface area contributed by atoms with Gasteiger partial charge in [-0.3, -0.25) is 9.79 Å². The summed E-state index contributed by atoms with van der Waals surface area (Å²) in [5.41, 5.74) is 10.1. The van der Waals surface area contributed by atoms with Gasteiger partial charge in [0.1, 0.15) is 5.82 Å². The van der Waals surface area contributed by atoms with Crippen LogP contribution < -0.4 is 11.3 Å². The van der Waals surface area contributed by atoms with Crippen LogP contribution in [-0.2, 0) is 9.84 Å². The highest BCUT2D eigenvalue weighted by Crippen LogP contribution is 2.37. The molecule has 0 amide bonds. The lowest BCUT2D eigenvalue weighted by atomic mass is 9.99. The predicted molar refractivity (Wildman–Crippen MR) is 116 cm³/mol. The molecular formula is C19H19N5O3S2. The summed E-state index contributed by atoms with van der Waals surface area (Å²) < 4.78 is 30.6. The van der Waals surface area contributed by atoms with Crippen LogP contribution in [0.3, 0.4) is 0 Å². The van der Waals surface area contributed by atoms with Gasteiger partial charge in [0.05, 0.1) is 16.5 Å². The van der Waals surface area contributed by atoms with Crippen LogP contribution in [0.15, 0.2) is 33.1 Å². The Kier molecular flexibility index (Phi) is 4.43. The molecule has 2 aromatic heterocycles. The van der Waals surface area contributed by atoms with Gasteiger partial charge in [0.15, 0.2) is 0 Å². The quantitative estimate of drug-likeness (QED) is 0.683. The fourth-order valence-corrected chi connectivity index (χ4v) is 5.23. The van der Waals surface area contributed by atoms with Crippen molar-refractivity contribution >= 4 is 55.2 Å². The molecule has 0 aliphatic carbocycles. The van der Waals surface area contributed by atoms with Gasteiger partial charge >= 0.3 is 0 Å². The van der Waals surface area contributed by atoms with Gasteiger partial charge in [-0.1, -0.05) is 11.6 Å². The van der Waals surface area contributed by atoms with Crippen molar-refractivity contribution in [2.45, 2.75) is 38.1 Å². The molecule has 10 heteroatoms. The Morgan fingerprint density at radius 2 is 1.97 bits per heavy atom. The van der Waals surface area contributed by atoms with Gasteiger partial charge in [-0.25, -0.2) is 12.8 Å². The van der Waals surface area contributed by atoms with Crippen LogP contribution in [0.5, 0.6) is 0 Å². The average Bonchev–Trinajstić information content (AvgIpc) is 3.20. The second-order valence-electron chi connectivity index (χ2n) is 7.17. The number of allylic oxidation sites excluding steroid dienone is 1. The summed E-state index contributed by atoms with van der Waals surface area (Å²) in [6.45, 7) is 6.95. The van der Waals surface area contributed by atoms with E-state index in [1.165, 1.54) is 4.40 Å². The first-order chi connectivity index (χ1) is 13.6. The van der Waals surface area contributed by atoms with Gasteiger partial charge in [0, 0.05) is 28.4 Å². The van der Waals surface area contributed by atoms with Crippen LogP contribution in [0.1, 0.15) is 37.5 Å². The molecule has 29 heavy (non-hydrogen) atoms. The molecule has 3 aromatic rings. The van der Waals surface area contributed by atoms with Crippen molar-refractivity contribution in [2.24, 2.45) is 4.99 Å². The fraction of sp³-hybridized carbons (Fsp3) is 0.263. The Morgan fingerprint density at radius 1 is 1.24 bits per heavy atom. The lowest BCUT2D eigenvalue weighted by Crippen LogP contribution is -2.21. The van der Waals surface area contributed by atoms with E-state index in [1.807, 2.05) is 32.0 Å². The second-order valence-corrected chi connectivity index (χ2v) is 10.3. The van der Waals surface area contributed by atoms with Crippen LogP contribution in [0, 0.1) is 6.92 Å². The lowest BCUT2D eigenvalue weighted by molar-refractivity contribution is 0.578. The van der Waals surface area contributed by atoms with E-state index in [1.54, 1.807) is 19.9 Å². The average molecular weight is 430 g/mol. The molecule has 0 radical (unpaired) electrons. The molecule has 3 heterocycles. The Hall–Kier alpha value is -2.85. The number of anilines is 1. The zero-order chi connectivity index (χ0) is 21.1. The third kappa shape index (κ3) is 2.99. The zero-order valence-electron chi connectivity index (χ0n) is 16.3. The molecule has 0 fully saturated rings. The maximum absolute atomic E-state index is 12.7. The molecule has 4 rings (SSSR count). The Balaban J connectivity index is 2.00. The lowest BCUT2D eigenvalue weighted by Gasteiger charge is -2.09. The molecule has 0 unspecified atom stereocenters. The van der Waals surface area contributed by atoms with Gasteiger partial charge in [-0.2, -0.15) is 9.36 Å². The van der Waals surface area contributed by atoms with Crippen molar-refractivity contribution in [3.8, 4) is 0 Å². The van der Waals surface area contributed by atoms with Crippen LogP contribution in [-0.4, -0.2) is 33.1 Å². The maximum atomic E-state index is 12.7. The normalized spacial score (nSPS) is 15.3. The van der Waals surface area contributed by atoms with E-state index in [4.69, 9.17) is 5.73 Å². The molecule has 8 nitrogen and oxygen atoms in total. The highest BCUT2D eigenvalue weighted by molar-refractivity contribution is 7.91. The molecule has 0 saturated carbocycles. The Bertz CT molecular complexity index is 1400. The van der Waals surface area contributed by atoms with E-state index in [0.717, 1.165) is 39.6 Å². The molecule has 1 aromatic carbocycles. The number of sulfone groups is 1. The minimum Gasteiger partial charge on any atom is -0.384 e. The van der Waals surface area contributed by atoms with E-state index in [2.05, 4.69) is 14.3 Å². The van der Waals surface area contributed by atoms with Crippen molar-refractivity contribution in [3.63, 3.8) is 0 Å². The fourth-order valence-electron chi connectivity index (χ4n) is 3.15. The van der Waals surface area contributed by atoms with Gasteiger partial charge in [0.25, 0.3) is 5.56 Å². The molecule has 2 N–H and O–H groups in total. The summed E-state index contributed by atoms with van der Waals surface area (Å²) in [6, 6.07) is 5.87. The number of fused-ring (bicyclic) bond motifs is 2. The number of aryl methyl sites for hydroxylation is 1. The van der Waals surface area contributed by atoms with Crippen molar-refractivity contribution in [2.75, 3.05) is 5.73 Å². The molecule has 1 aliphatic rings. The van der Waals surface area contributed by atoms with Crippen molar-refractivity contribution in [1.29, 1.82) is 0 Å². The first-order valence-electron chi connectivity index (χ1n) is 8.91. The van der Waals surface area contributed by atoms with E-state index in [-0.39, 0.29) is 21.5 Å². The molecule has 0 spiro atoms. The van der Waals surface area contributed by atoms with Crippen molar-refractivity contribution < 1.29 is 8.42 Å². The first-order valence-corrected chi connectivity index (χ1v) is 11.2. The number of rotatable bonds is 3. The monoisotopic (exact) mass is 429 g/mol. The highest BCUT2D eigenvalue weighted by atomic mass is 32.2. The minimum atomic E-state index is -3.71. The minimum absolute atomic E-state index is 0.00521. The number of nitrogens with two attached hydrogens (primary N) is 1. The molecule has 0 atom stereocenters. The smallest absolute Gasteiger partial charge is 0.283 e. The first kappa shape index (κ1) is 19.5. The summed E-state index contributed by atoms with van der Waals surface area (Å²) in [4.78, 5) is 21.3. The number of aromatic nitrogens is 3. The van der Waals surface area contributed by atoms with Gasteiger partial charge < -0.3 is 5.73 Å². The summed E-state index contributed by atoms with van der Waals surface area (Å²) in [6.07, 6.45) is 1.63. The van der Waals surface area contributed by atoms with Gasteiger partial charge in [-0.05, 0) is 45.9 Å². The van der Waals surface area contributed by atoms with Gasteiger partial charge in [0.2, 0.25) is 20.0 Å². The Morgan fingerprint density at radius 3 is 2.66 bits per heavy atom.